The van der Waals surface area contributed by atoms with Gasteiger partial charge in [0.25, 0.3) is 0 Å². The van der Waals surface area contributed by atoms with Gasteiger partial charge in [-0.25, -0.2) is 9.48 Å². The molecular formula is C16H22N4O2. The second-order valence-corrected chi connectivity index (χ2v) is 6.04. The fourth-order valence-corrected chi connectivity index (χ4v) is 1.88. The summed E-state index contributed by atoms with van der Waals surface area (Å²) in [7, 11) is 0. The molecule has 2 aromatic rings. The maximum atomic E-state index is 11.6. The van der Waals surface area contributed by atoms with Crippen LogP contribution in [0.2, 0.25) is 0 Å². The Morgan fingerprint density at radius 1 is 1.36 bits per heavy atom. The van der Waals surface area contributed by atoms with E-state index in [4.69, 9.17) is 10.5 Å². The molecule has 0 bridgehead atoms. The fourth-order valence-electron chi connectivity index (χ4n) is 1.88. The molecule has 0 fully saturated rings. The van der Waals surface area contributed by atoms with E-state index in [1.165, 1.54) is 0 Å². The van der Waals surface area contributed by atoms with Crippen LogP contribution in [0.1, 0.15) is 32.4 Å². The third kappa shape index (κ3) is 4.60. The predicted molar refractivity (Wildman–Crippen MR) is 84.7 cm³/mol. The molecule has 1 aromatic carbocycles. The number of benzene rings is 1. The van der Waals surface area contributed by atoms with Gasteiger partial charge in [0, 0.05) is 18.3 Å². The molecule has 0 saturated carbocycles. The van der Waals surface area contributed by atoms with Crippen molar-refractivity contribution in [3.05, 3.63) is 48.3 Å². The lowest BCUT2D eigenvalue weighted by Crippen LogP contribution is -2.36. The van der Waals surface area contributed by atoms with Gasteiger partial charge in [-0.2, -0.15) is 5.10 Å². The van der Waals surface area contributed by atoms with Crippen molar-refractivity contribution in [1.29, 1.82) is 0 Å². The Kier molecular flexibility index (Phi) is 4.82. The first-order chi connectivity index (χ1) is 10.3. The molecule has 6 heteroatoms. The van der Waals surface area contributed by atoms with Gasteiger partial charge in [-0.15, -0.1) is 0 Å². The molecule has 1 amide bonds. The number of carbonyl (C=O) groups excluding carboxylic acids is 1. The van der Waals surface area contributed by atoms with Crippen molar-refractivity contribution in [3.63, 3.8) is 0 Å². The highest BCUT2D eigenvalue weighted by atomic mass is 16.6. The molecule has 0 aliphatic heterocycles. The predicted octanol–water partition coefficient (Wildman–Crippen LogP) is 2.40. The van der Waals surface area contributed by atoms with E-state index in [2.05, 4.69) is 10.4 Å². The first-order valence-electron chi connectivity index (χ1n) is 7.17. The van der Waals surface area contributed by atoms with Crippen molar-refractivity contribution in [3.8, 4) is 5.69 Å². The molecule has 1 heterocycles. The molecule has 0 spiro atoms. The van der Waals surface area contributed by atoms with Crippen molar-refractivity contribution < 1.29 is 9.53 Å². The zero-order valence-corrected chi connectivity index (χ0v) is 13.1. The zero-order valence-electron chi connectivity index (χ0n) is 13.1. The van der Waals surface area contributed by atoms with E-state index in [1.807, 2.05) is 57.3 Å². The van der Waals surface area contributed by atoms with Crippen molar-refractivity contribution >= 4 is 6.09 Å². The summed E-state index contributed by atoms with van der Waals surface area (Å²) in [6.45, 7) is 5.73. The molecule has 1 unspecified atom stereocenters. The molecule has 1 aromatic heterocycles. The minimum absolute atomic E-state index is 0.287. The van der Waals surface area contributed by atoms with E-state index in [9.17, 15) is 4.79 Å². The van der Waals surface area contributed by atoms with Gasteiger partial charge in [-0.3, -0.25) is 0 Å². The maximum Gasteiger partial charge on any atom is 0.407 e. The van der Waals surface area contributed by atoms with Crippen LogP contribution in [0.4, 0.5) is 4.79 Å². The van der Waals surface area contributed by atoms with E-state index < -0.39 is 11.7 Å². The molecular weight excluding hydrogens is 280 g/mol. The minimum Gasteiger partial charge on any atom is -0.444 e. The summed E-state index contributed by atoms with van der Waals surface area (Å²) in [5.41, 5.74) is 7.36. The summed E-state index contributed by atoms with van der Waals surface area (Å²) in [5, 5.41) is 6.95. The molecule has 0 aliphatic carbocycles. The van der Waals surface area contributed by atoms with E-state index in [0.717, 1.165) is 11.3 Å². The van der Waals surface area contributed by atoms with Crippen LogP contribution in [0.15, 0.2) is 42.7 Å². The number of aromatic nitrogens is 2. The first kappa shape index (κ1) is 16.0. The lowest BCUT2D eigenvalue weighted by molar-refractivity contribution is 0.0524. The van der Waals surface area contributed by atoms with Crippen molar-refractivity contribution in [2.45, 2.75) is 32.4 Å². The van der Waals surface area contributed by atoms with E-state index in [-0.39, 0.29) is 12.6 Å². The average molecular weight is 302 g/mol. The minimum atomic E-state index is -0.521. The number of nitrogens with one attached hydrogen (secondary N) is 1. The number of ether oxygens (including phenoxy) is 1. The van der Waals surface area contributed by atoms with Crippen LogP contribution in [0.25, 0.3) is 5.69 Å². The second-order valence-electron chi connectivity index (χ2n) is 6.04. The number of rotatable bonds is 4. The Hall–Kier alpha value is -2.34. The summed E-state index contributed by atoms with van der Waals surface area (Å²) >= 11 is 0. The number of hydrogen-bond acceptors (Lipinski definition) is 4. The summed E-state index contributed by atoms with van der Waals surface area (Å²) in [5.74, 6) is 0. The molecule has 118 valence electrons. The number of para-hydroxylation sites is 1. The van der Waals surface area contributed by atoms with Crippen molar-refractivity contribution in [2.75, 3.05) is 6.54 Å². The highest BCUT2D eigenvalue weighted by Gasteiger charge is 2.17. The molecule has 0 saturated heterocycles. The Morgan fingerprint density at radius 3 is 2.68 bits per heavy atom. The standard InChI is InChI=1S/C16H22N4O2/c1-16(2,3)22-15(21)18-10-14(17)12-9-19-20(11-12)13-7-5-4-6-8-13/h4-9,11,14H,10,17H2,1-3H3,(H,18,21). The van der Waals surface area contributed by atoms with Gasteiger partial charge in [0.2, 0.25) is 0 Å². The third-order valence-electron chi connectivity index (χ3n) is 2.92. The average Bonchev–Trinajstić information content (AvgIpc) is 2.94. The number of carbonyl (C=O) groups is 1. The van der Waals surface area contributed by atoms with Crippen LogP contribution in [0.3, 0.4) is 0 Å². The monoisotopic (exact) mass is 302 g/mol. The summed E-state index contributed by atoms with van der Waals surface area (Å²) in [6.07, 6.45) is 3.09. The lowest BCUT2D eigenvalue weighted by Gasteiger charge is -2.20. The number of hydrogen-bond donors (Lipinski definition) is 2. The Balaban J connectivity index is 1.92. The lowest BCUT2D eigenvalue weighted by atomic mass is 10.2. The SMILES string of the molecule is CC(C)(C)OC(=O)NCC(N)c1cnn(-c2ccccc2)c1. The zero-order chi connectivity index (χ0) is 16.2. The highest BCUT2D eigenvalue weighted by Crippen LogP contribution is 2.13. The second kappa shape index (κ2) is 6.62. The molecule has 0 aliphatic rings. The van der Waals surface area contributed by atoms with Crippen LogP contribution >= 0.6 is 0 Å². The van der Waals surface area contributed by atoms with Gasteiger partial charge in [0.15, 0.2) is 0 Å². The molecule has 22 heavy (non-hydrogen) atoms. The van der Waals surface area contributed by atoms with Crippen LogP contribution in [0, 0.1) is 0 Å². The number of amides is 1. The van der Waals surface area contributed by atoms with Crippen LogP contribution in [-0.2, 0) is 4.74 Å². The van der Waals surface area contributed by atoms with Gasteiger partial charge < -0.3 is 15.8 Å². The van der Waals surface area contributed by atoms with E-state index >= 15 is 0 Å². The Labute approximate surface area is 130 Å². The third-order valence-corrected chi connectivity index (χ3v) is 2.92. The summed E-state index contributed by atoms with van der Waals surface area (Å²) in [4.78, 5) is 11.6. The van der Waals surface area contributed by atoms with Gasteiger partial charge >= 0.3 is 6.09 Å². The smallest absolute Gasteiger partial charge is 0.407 e. The van der Waals surface area contributed by atoms with Crippen LogP contribution in [-0.4, -0.2) is 28.0 Å². The summed E-state index contributed by atoms with van der Waals surface area (Å²) < 4.78 is 6.92. The Bertz CT molecular complexity index is 617. The molecule has 6 nitrogen and oxygen atoms in total. The quantitative estimate of drug-likeness (QED) is 0.908. The molecule has 2 rings (SSSR count). The normalized spacial score (nSPS) is 12.7. The van der Waals surface area contributed by atoms with Crippen LogP contribution in [0.5, 0.6) is 0 Å². The van der Waals surface area contributed by atoms with Crippen LogP contribution < -0.4 is 11.1 Å². The Morgan fingerprint density at radius 2 is 2.05 bits per heavy atom. The number of nitrogens with zero attached hydrogens (tertiary/aromatic N) is 2. The van der Waals surface area contributed by atoms with E-state index in [0.29, 0.717) is 0 Å². The topological polar surface area (TPSA) is 82.2 Å². The molecule has 3 N–H and O–H groups in total. The number of alkyl carbamates (subject to hydrolysis) is 1. The van der Waals surface area contributed by atoms with Gasteiger partial charge in [-0.05, 0) is 32.9 Å². The molecule has 1 atom stereocenters. The molecule has 0 radical (unpaired) electrons. The largest absolute Gasteiger partial charge is 0.444 e. The van der Waals surface area contributed by atoms with Crippen molar-refractivity contribution in [2.24, 2.45) is 5.73 Å². The van der Waals surface area contributed by atoms with E-state index in [1.54, 1.807) is 10.9 Å². The highest BCUT2D eigenvalue weighted by molar-refractivity contribution is 5.67. The maximum absolute atomic E-state index is 11.6. The fraction of sp³-hybridized carbons (Fsp3) is 0.375. The van der Waals surface area contributed by atoms with Gasteiger partial charge in [0.1, 0.15) is 5.60 Å². The van der Waals surface area contributed by atoms with Gasteiger partial charge in [-0.1, -0.05) is 18.2 Å². The van der Waals surface area contributed by atoms with Crippen molar-refractivity contribution in [1.82, 2.24) is 15.1 Å². The van der Waals surface area contributed by atoms with Gasteiger partial charge in [0.05, 0.1) is 17.9 Å². The summed E-state index contributed by atoms with van der Waals surface area (Å²) in [6, 6.07) is 9.42. The first-order valence-corrected chi connectivity index (χ1v) is 7.17. The number of nitrogens with two attached hydrogens (primary N) is 1.